The summed E-state index contributed by atoms with van der Waals surface area (Å²) in [6.07, 6.45) is 0. The molecule has 0 spiro atoms. The van der Waals surface area contributed by atoms with Crippen LogP contribution in [0, 0.1) is 0 Å². The molecule has 0 amide bonds. The molecule has 0 unspecified atom stereocenters. The molecule has 10 aromatic carbocycles. The normalized spacial score (nSPS) is 13.6. The summed E-state index contributed by atoms with van der Waals surface area (Å²) < 4.78 is 80.8. The molecule has 0 aliphatic rings. The highest BCUT2D eigenvalue weighted by molar-refractivity contribution is 6.22. The maximum Gasteiger partial charge on any atom is 0.143 e. The molecule has 11 aromatic rings. The number of hydrogen-bond acceptors (Lipinski definition) is 2. The van der Waals surface area contributed by atoms with E-state index in [0.29, 0.717) is 16.9 Å². The Morgan fingerprint density at radius 3 is 1.62 bits per heavy atom. The third-order valence-corrected chi connectivity index (χ3v) is 10.6. The minimum absolute atomic E-state index is 0.0164. The maximum absolute atomic E-state index is 10.1. The summed E-state index contributed by atoms with van der Waals surface area (Å²) in [7, 11) is 0. The molecule has 0 N–H and O–H groups in total. The second kappa shape index (κ2) is 13.2. The molecule has 0 aliphatic heterocycles. The molecule has 11 rings (SSSR count). The number of hydrogen-bond donors (Lipinski definition) is 0. The number of benzene rings is 10. The lowest BCUT2D eigenvalue weighted by Crippen LogP contribution is -2.10. The van der Waals surface area contributed by atoms with Gasteiger partial charge in [0.15, 0.2) is 0 Å². The molecule has 2 nitrogen and oxygen atoms in total. The zero-order chi connectivity index (χ0) is 44.0. The van der Waals surface area contributed by atoms with E-state index in [4.69, 9.17) is 7.16 Å². The zero-order valence-electron chi connectivity index (χ0n) is 37.9. The quantitative estimate of drug-likeness (QED) is 0.170. The van der Waals surface area contributed by atoms with Crippen LogP contribution in [0.1, 0.15) is 11.0 Å². The summed E-state index contributed by atoms with van der Waals surface area (Å²) in [6, 6.07) is 51.0. The van der Waals surface area contributed by atoms with E-state index in [1.54, 1.807) is 0 Å². The Bertz CT molecular complexity index is 3700. The third-order valence-electron chi connectivity index (χ3n) is 10.6. The van der Waals surface area contributed by atoms with Gasteiger partial charge < -0.3 is 9.32 Å². The maximum atomic E-state index is 10.1. The van der Waals surface area contributed by atoms with Crippen molar-refractivity contribution in [2.75, 3.05) is 4.90 Å². The van der Waals surface area contributed by atoms with Crippen LogP contribution in [0.5, 0.6) is 0 Å². The third kappa shape index (κ3) is 5.42. The van der Waals surface area contributed by atoms with Crippen LogP contribution in [0.4, 0.5) is 17.1 Å². The minimum Gasteiger partial charge on any atom is -0.455 e. The number of anilines is 3. The molecule has 2 heteroatoms. The highest BCUT2D eigenvalue weighted by Crippen LogP contribution is 2.47. The van der Waals surface area contributed by atoms with E-state index in [2.05, 4.69) is 30.3 Å². The molecule has 0 atom stereocenters. The highest BCUT2D eigenvalue weighted by Gasteiger charge is 2.22. The molecule has 0 bridgehead atoms. The average Bonchev–Trinajstić information content (AvgIpc) is 3.74. The summed E-state index contributed by atoms with van der Waals surface area (Å²) in [4.78, 5) is 1.86. The van der Waals surface area contributed by atoms with E-state index in [-0.39, 0.29) is 74.2 Å². The van der Waals surface area contributed by atoms with Gasteiger partial charge in [0.1, 0.15) is 11.2 Å². The van der Waals surface area contributed by atoms with Crippen molar-refractivity contribution in [1.82, 2.24) is 0 Å². The Balaban J connectivity index is 1.23. The predicted molar refractivity (Wildman–Crippen MR) is 237 cm³/mol. The van der Waals surface area contributed by atoms with Crippen molar-refractivity contribution in [1.29, 1.82) is 0 Å². The van der Waals surface area contributed by atoms with Crippen molar-refractivity contribution in [2.45, 2.75) is 0 Å². The molecule has 56 heavy (non-hydrogen) atoms. The van der Waals surface area contributed by atoms with E-state index in [1.165, 1.54) is 0 Å². The van der Waals surface area contributed by atoms with Gasteiger partial charge in [-0.05, 0) is 115 Å². The standard InChI is InChI=1S/C54H35NO/c1-2-11-36(12-3-1)39-25-29-45(30-26-39)55(46-31-27-40(28-32-46)43-23-21-37-13-4-6-15-41(37)33-43)51-19-10-20-52-53(51)50-35-49(47-17-8-9-18-48(47)54(50)56-52)44-24-22-38-14-5-7-16-42(38)34-44/h1-35H/i8D,9D,10D,17D,18D,19D,20D,35D. The second-order valence-corrected chi connectivity index (χ2v) is 13.9. The van der Waals surface area contributed by atoms with E-state index in [1.807, 2.05) is 138 Å². The first kappa shape index (κ1) is 24.8. The van der Waals surface area contributed by atoms with Crippen LogP contribution in [0.2, 0.25) is 0 Å². The molecule has 0 aliphatic carbocycles. The van der Waals surface area contributed by atoms with Gasteiger partial charge in [-0.25, -0.2) is 0 Å². The number of furan rings is 1. The fourth-order valence-electron chi connectivity index (χ4n) is 7.85. The monoisotopic (exact) mass is 721 g/mol. The molecule has 0 radical (unpaired) electrons. The Labute approximate surface area is 336 Å². The Morgan fingerprint density at radius 2 is 0.946 bits per heavy atom. The highest BCUT2D eigenvalue weighted by atomic mass is 16.3. The SMILES string of the molecule is [2H]c1c([2H])c(N(c2ccc(-c3ccccc3)cc2)c2ccc(-c3ccc4ccccc4c3)cc2)c2c(oc3c4c([2H])c([2H])c([2H])c([2H])c4c(-c4ccc5ccccc5c4)c([2H])c32)c1[2H]. The Hall–Kier alpha value is -7.42. The van der Waals surface area contributed by atoms with Crippen molar-refractivity contribution >= 4 is 71.3 Å². The van der Waals surface area contributed by atoms with Gasteiger partial charge in [-0.1, -0.05) is 158 Å². The molecule has 0 saturated carbocycles. The van der Waals surface area contributed by atoms with Crippen LogP contribution in [-0.4, -0.2) is 0 Å². The molecule has 1 aromatic heterocycles. The van der Waals surface area contributed by atoms with Gasteiger partial charge in [-0.15, -0.1) is 0 Å². The average molecular weight is 722 g/mol. The van der Waals surface area contributed by atoms with Gasteiger partial charge in [0.2, 0.25) is 0 Å². The number of nitrogens with zero attached hydrogens (tertiary/aromatic N) is 1. The molecule has 1 heterocycles. The first-order chi connectivity index (χ1) is 31.1. The molecule has 0 saturated heterocycles. The summed E-state index contributed by atoms with van der Waals surface area (Å²) in [5.41, 5.74) is 6.20. The lowest BCUT2D eigenvalue weighted by Gasteiger charge is -2.26. The summed E-state index contributed by atoms with van der Waals surface area (Å²) in [5, 5.41) is 4.64. The molecule has 0 fully saturated rings. The van der Waals surface area contributed by atoms with Crippen LogP contribution >= 0.6 is 0 Å². The van der Waals surface area contributed by atoms with Crippen molar-refractivity contribution in [3.05, 3.63) is 212 Å². The van der Waals surface area contributed by atoms with Crippen molar-refractivity contribution in [3.8, 4) is 33.4 Å². The summed E-state index contributed by atoms with van der Waals surface area (Å²) >= 11 is 0. The first-order valence-electron chi connectivity index (χ1n) is 22.5. The topological polar surface area (TPSA) is 16.4 Å². The number of fused-ring (bicyclic) bond motifs is 7. The van der Waals surface area contributed by atoms with Crippen molar-refractivity contribution in [3.63, 3.8) is 0 Å². The van der Waals surface area contributed by atoms with Crippen LogP contribution in [-0.2, 0) is 0 Å². The van der Waals surface area contributed by atoms with Gasteiger partial charge in [-0.2, -0.15) is 0 Å². The van der Waals surface area contributed by atoms with Crippen LogP contribution in [0.15, 0.2) is 217 Å². The lowest BCUT2D eigenvalue weighted by molar-refractivity contribution is 0.672. The van der Waals surface area contributed by atoms with Gasteiger partial charge >= 0.3 is 0 Å². The van der Waals surface area contributed by atoms with E-state index >= 15 is 0 Å². The Morgan fingerprint density at radius 1 is 0.411 bits per heavy atom. The van der Waals surface area contributed by atoms with Gasteiger partial charge in [0, 0.05) is 22.1 Å². The van der Waals surface area contributed by atoms with Gasteiger partial charge in [0.05, 0.1) is 22.0 Å². The predicted octanol–water partition coefficient (Wildman–Crippen LogP) is 15.5. The van der Waals surface area contributed by atoms with Gasteiger partial charge in [0.25, 0.3) is 0 Å². The molecular formula is C54H35NO. The fraction of sp³-hybridized carbons (Fsp3) is 0. The second-order valence-electron chi connectivity index (χ2n) is 13.9. The molecular weight excluding hydrogens is 679 g/mol. The van der Waals surface area contributed by atoms with E-state index in [9.17, 15) is 8.22 Å². The van der Waals surface area contributed by atoms with Crippen LogP contribution < -0.4 is 4.90 Å². The largest absolute Gasteiger partial charge is 0.455 e. The zero-order valence-corrected chi connectivity index (χ0v) is 29.9. The lowest BCUT2D eigenvalue weighted by atomic mass is 9.93. The molecule has 262 valence electrons. The van der Waals surface area contributed by atoms with Crippen molar-refractivity contribution in [2.24, 2.45) is 0 Å². The minimum atomic E-state index is -0.471. The Kier molecular flexibility index (Phi) is 5.83. The summed E-state index contributed by atoms with van der Waals surface area (Å²) in [5.74, 6) is 0. The fourth-order valence-corrected chi connectivity index (χ4v) is 7.85. The van der Waals surface area contributed by atoms with E-state index < -0.39 is 18.1 Å². The first-order valence-corrected chi connectivity index (χ1v) is 18.5. The summed E-state index contributed by atoms with van der Waals surface area (Å²) in [6.45, 7) is 0. The number of rotatable bonds is 6. The van der Waals surface area contributed by atoms with E-state index in [0.717, 1.165) is 43.8 Å². The van der Waals surface area contributed by atoms with Crippen LogP contribution in [0.25, 0.3) is 87.6 Å². The van der Waals surface area contributed by atoms with Crippen LogP contribution in [0.3, 0.4) is 0 Å². The van der Waals surface area contributed by atoms with Crippen molar-refractivity contribution < 1.29 is 15.4 Å². The van der Waals surface area contributed by atoms with Gasteiger partial charge in [-0.3, -0.25) is 0 Å². The smallest absolute Gasteiger partial charge is 0.143 e.